The summed E-state index contributed by atoms with van der Waals surface area (Å²) >= 11 is 0. The summed E-state index contributed by atoms with van der Waals surface area (Å²) in [6, 6.07) is 8.22. The van der Waals surface area contributed by atoms with Crippen molar-refractivity contribution in [1.82, 2.24) is 15.1 Å². The molecule has 11 heteroatoms. The van der Waals surface area contributed by atoms with Gasteiger partial charge in [0.25, 0.3) is 6.43 Å². The maximum Gasteiger partial charge on any atom is 0.266 e. The van der Waals surface area contributed by atoms with Crippen molar-refractivity contribution < 1.29 is 26.7 Å². The number of anilines is 2. The lowest BCUT2D eigenvalue weighted by Crippen LogP contribution is -2.45. The number of alkyl halides is 2. The number of aromatic nitrogens is 2. The fourth-order valence-electron chi connectivity index (χ4n) is 4.17. The number of aliphatic hydroxyl groups excluding tert-OH is 1. The van der Waals surface area contributed by atoms with Crippen molar-refractivity contribution in [3.05, 3.63) is 47.8 Å². The predicted molar refractivity (Wildman–Crippen MR) is 117 cm³/mol. The van der Waals surface area contributed by atoms with Crippen molar-refractivity contribution in [1.29, 1.82) is 0 Å². The van der Waals surface area contributed by atoms with E-state index in [0.29, 0.717) is 29.7 Å². The van der Waals surface area contributed by atoms with E-state index in [1.165, 1.54) is 18.2 Å². The Morgan fingerprint density at radius 3 is 2.64 bits per heavy atom. The molecule has 1 aromatic heterocycles. The van der Waals surface area contributed by atoms with Gasteiger partial charge in [0.2, 0.25) is 0 Å². The average Bonchev–Trinajstić information content (AvgIpc) is 3.57. The van der Waals surface area contributed by atoms with E-state index in [1.807, 2.05) is 0 Å². The third-order valence-electron chi connectivity index (χ3n) is 6.10. The van der Waals surface area contributed by atoms with E-state index >= 15 is 0 Å². The van der Waals surface area contributed by atoms with E-state index in [0.717, 1.165) is 25.0 Å². The minimum atomic E-state index is -3.78. The Balaban J connectivity index is 1.56. The van der Waals surface area contributed by atoms with E-state index in [1.54, 1.807) is 10.7 Å². The van der Waals surface area contributed by atoms with Crippen LogP contribution in [0.1, 0.15) is 43.7 Å². The van der Waals surface area contributed by atoms with Crippen molar-refractivity contribution in [2.45, 2.75) is 54.5 Å². The van der Waals surface area contributed by atoms with Gasteiger partial charge in [-0.15, -0.1) is 0 Å². The number of piperidine rings is 1. The number of rotatable bonds is 6. The number of aliphatic hydroxyl groups is 1. The van der Waals surface area contributed by atoms with E-state index < -0.39 is 39.1 Å². The summed E-state index contributed by atoms with van der Waals surface area (Å²) in [5, 5.41) is 20.0. The largest absolute Gasteiger partial charge is 0.393 e. The molecule has 1 aliphatic heterocycles. The van der Waals surface area contributed by atoms with E-state index in [-0.39, 0.29) is 23.0 Å². The highest BCUT2D eigenvalue weighted by Crippen LogP contribution is 2.40. The molecule has 2 aromatic carbocycles. The monoisotopic (exact) mass is 480 g/mol. The highest BCUT2D eigenvalue weighted by Gasteiger charge is 2.33. The number of benzene rings is 2. The summed E-state index contributed by atoms with van der Waals surface area (Å²) in [6.45, 7) is 0.400. The molecule has 7 nitrogen and oxygen atoms in total. The van der Waals surface area contributed by atoms with Crippen LogP contribution in [-0.4, -0.2) is 41.3 Å². The first-order valence-corrected chi connectivity index (χ1v) is 12.3. The van der Waals surface area contributed by atoms with Crippen LogP contribution >= 0.6 is 0 Å². The van der Waals surface area contributed by atoms with Crippen LogP contribution < -0.4 is 10.6 Å². The Hall–Kier alpha value is -2.63. The summed E-state index contributed by atoms with van der Waals surface area (Å²) < 4.78 is 68.2. The van der Waals surface area contributed by atoms with Gasteiger partial charge in [0.1, 0.15) is 11.2 Å². The van der Waals surface area contributed by atoms with Crippen molar-refractivity contribution in [3.63, 3.8) is 0 Å². The van der Waals surface area contributed by atoms with Crippen molar-refractivity contribution in [2.75, 3.05) is 11.9 Å². The lowest BCUT2D eigenvalue weighted by molar-refractivity contribution is 0.130. The molecule has 2 fully saturated rings. The van der Waals surface area contributed by atoms with E-state index in [9.17, 15) is 26.7 Å². The normalized spacial score (nSPS) is 21.6. The summed E-state index contributed by atoms with van der Waals surface area (Å²) in [5.74, 6) is -0.697. The van der Waals surface area contributed by atoms with Gasteiger partial charge in [0.15, 0.2) is 15.7 Å². The number of nitrogens with one attached hydrogen (secondary N) is 2. The standard InChI is InChI=1S/C22H23F3N4O3S/c23-18-5-1-12(9-16(18)21(24)25)27-22-17-11-15(4-6-19(17)29(28-22)13-2-3-13)33(31,32)20-10-14(30)7-8-26-20/h1,4-6,9,11,13-14,20-21,26,30H,2-3,7-8,10H2,(H,27,28). The molecule has 3 aromatic rings. The highest BCUT2D eigenvalue weighted by molar-refractivity contribution is 7.92. The molecule has 0 bridgehead atoms. The topological polar surface area (TPSA) is 96.2 Å². The molecule has 1 saturated heterocycles. The summed E-state index contributed by atoms with van der Waals surface area (Å²) in [7, 11) is -3.78. The van der Waals surface area contributed by atoms with Crippen LogP contribution in [0.3, 0.4) is 0 Å². The molecule has 176 valence electrons. The third kappa shape index (κ3) is 4.20. The maximum absolute atomic E-state index is 13.7. The number of nitrogens with zero attached hydrogens (tertiary/aromatic N) is 2. The molecule has 2 aliphatic rings. The first-order valence-electron chi connectivity index (χ1n) is 10.8. The maximum atomic E-state index is 13.7. The highest BCUT2D eigenvalue weighted by atomic mass is 32.2. The van der Waals surface area contributed by atoms with Crippen molar-refractivity contribution in [2.24, 2.45) is 0 Å². The number of hydrogen-bond acceptors (Lipinski definition) is 6. The molecule has 5 rings (SSSR count). The summed E-state index contributed by atoms with van der Waals surface area (Å²) in [4.78, 5) is 0.0763. The summed E-state index contributed by atoms with van der Waals surface area (Å²) in [5.41, 5.74) is 0.210. The zero-order chi connectivity index (χ0) is 23.3. The lowest BCUT2D eigenvalue weighted by Gasteiger charge is -2.27. The van der Waals surface area contributed by atoms with Crippen LogP contribution in [0.5, 0.6) is 0 Å². The van der Waals surface area contributed by atoms with Gasteiger partial charge < -0.3 is 15.7 Å². The quantitative estimate of drug-likeness (QED) is 0.493. The fraction of sp³-hybridized carbons (Fsp3) is 0.409. The molecule has 1 saturated carbocycles. The first kappa shape index (κ1) is 22.2. The Kier molecular flexibility index (Phi) is 5.58. The molecule has 2 unspecified atom stereocenters. The Morgan fingerprint density at radius 2 is 1.94 bits per heavy atom. The predicted octanol–water partition coefficient (Wildman–Crippen LogP) is 4.04. The Bertz CT molecular complexity index is 1310. The fourth-order valence-corrected chi connectivity index (χ4v) is 5.85. The van der Waals surface area contributed by atoms with Gasteiger partial charge in [-0.1, -0.05) is 0 Å². The van der Waals surface area contributed by atoms with Gasteiger partial charge in [-0.3, -0.25) is 4.68 Å². The van der Waals surface area contributed by atoms with E-state index in [2.05, 4.69) is 15.7 Å². The van der Waals surface area contributed by atoms with E-state index in [4.69, 9.17) is 0 Å². The van der Waals surface area contributed by atoms with Gasteiger partial charge in [-0.2, -0.15) is 5.10 Å². The second-order valence-corrected chi connectivity index (χ2v) is 10.7. The van der Waals surface area contributed by atoms with Crippen LogP contribution in [-0.2, 0) is 9.84 Å². The third-order valence-corrected chi connectivity index (χ3v) is 8.12. The number of hydrogen-bond donors (Lipinski definition) is 3. The zero-order valence-corrected chi connectivity index (χ0v) is 18.3. The average molecular weight is 481 g/mol. The lowest BCUT2D eigenvalue weighted by atomic mass is 10.1. The minimum absolute atomic E-state index is 0.0763. The van der Waals surface area contributed by atoms with Gasteiger partial charge in [-0.25, -0.2) is 21.6 Å². The van der Waals surface area contributed by atoms with Crippen LogP contribution in [0.4, 0.5) is 24.7 Å². The molecule has 0 spiro atoms. The molecule has 0 amide bonds. The Morgan fingerprint density at radius 1 is 1.15 bits per heavy atom. The SMILES string of the molecule is O=S(=O)(c1ccc2c(c1)c(Nc1ccc(F)c(C(F)F)c1)nn2C1CC1)C1CC(O)CCN1. The van der Waals surface area contributed by atoms with Gasteiger partial charge in [-0.05, 0) is 62.2 Å². The van der Waals surface area contributed by atoms with Crippen LogP contribution in [0, 0.1) is 5.82 Å². The molecule has 1 aliphatic carbocycles. The minimum Gasteiger partial charge on any atom is -0.393 e. The smallest absolute Gasteiger partial charge is 0.266 e. The second kappa shape index (κ2) is 8.30. The number of halogens is 3. The molecular formula is C22H23F3N4O3S. The molecule has 0 radical (unpaired) electrons. The second-order valence-electron chi connectivity index (χ2n) is 8.53. The molecule has 33 heavy (non-hydrogen) atoms. The van der Waals surface area contributed by atoms with Gasteiger partial charge in [0, 0.05) is 17.5 Å². The molecular weight excluding hydrogens is 457 g/mol. The number of fused-ring (bicyclic) bond motifs is 1. The van der Waals surface area contributed by atoms with Crippen molar-refractivity contribution >= 4 is 32.2 Å². The summed E-state index contributed by atoms with van der Waals surface area (Å²) in [6.07, 6.45) is -1.20. The molecule has 2 heterocycles. The van der Waals surface area contributed by atoms with Gasteiger partial charge >= 0.3 is 0 Å². The first-order chi connectivity index (χ1) is 15.7. The molecule has 2 atom stereocenters. The zero-order valence-electron chi connectivity index (χ0n) is 17.5. The number of sulfone groups is 1. The van der Waals surface area contributed by atoms with Crippen LogP contribution in [0.15, 0.2) is 41.3 Å². The van der Waals surface area contributed by atoms with Gasteiger partial charge in [0.05, 0.1) is 28.1 Å². The molecule has 3 N–H and O–H groups in total. The van der Waals surface area contributed by atoms with Crippen molar-refractivity contribution in [3.8, 4) is 0 Å². The van der Waals surface area contributed by atoms with Crippen LogP contribution in [0.2, 0.25) is 0 Å². The Labute approximate surface area is 188 Å². The van der Waals surface area contributed by atoms with Crippen LogP contribution in [0.25, 0.3) is 10.9 Å².